The Morgan fingerprint density at radius 2 is 1.68 bits per heavy atom. The number of amides is 1. The molecule has 0 aliphatic rings. The van der Waals surface area contributed by atoms with Crippen LogP contribution in [0.3, 0.4) is 0 Å². The van der Waals surface area contributed by atoms with Gasteiger partial charge in [-0.25, -0.2) is 0 Å². The van der Waals surface area contributed by atoms with E-state index >= 15 is 0 Å². The maximum absolute atomic E-state index is 12.3. The van der Waals surface area contributed by atoms with Crippen LogP contribution in [0.25, 0.3) is 0 Å². The van der Waals surface area contributed by atoms with Gasteiger partial charge < -0.3 is 14.8 Å². The zero-order chi connectivity index (χ0) is 15.9. The molecule has 1 N–H and O–H groups in total. The summed E-state index contributed by atoms with van der Waals surface area (Å²) in [6.45, 7) is 1.92. The molecule has 1 amide bonds. The predicted molar refractivity (Wildman–Crippen MR) is 95.5 cm³/mol. The van der Waals surface area contributed by atoms with E-state index < -0.39 is 6.10 Å². The minimum Gasteiger partial charge on any atom is -0.497 e. The number of carbonyl (C=O) groups is 1. The minimum atomic E-state index is -0.535. The summed E-state index contributed by atoms with van der Waals surface area (Å²) < 4.78 is 12.0. The molecular formula is C17H18INO3. The van der Waals surface area contributed by atoms with E-state index in [1.807, 2.05) is 31.2 Å². The molecule has 116 valence electrons. The number of nitrogens with one attached hydrogen (secondary N) is 1. The van der Waals surface area contributed by atoms with Crippen molar-refractivity contribution in [1.82, 2.24) is 0 Å². The largest absolute Gasteiger partial charge is 0.497 e. The van der Waals surface area contributed by atoms with Crippen molar-refractivity contribution < 1.29 is 14.3 Å². The van der Waals surface area contributed by atoms with E-state index in [-0.39, 0.29) is 5.91 Å². The van der Waals surface area contributed by atoms with Gasteiger partial charge in [0, 0.05) is 9.26 Å². The highest BCUT2D eigenvalue weighted by molar-refractivity contribution is 14.1. The first kappa shape index (κ1) is 16.6. The summed E-state index contributed by atoms with van der Waals surface area (Å²) in [5.74, 6) is 1.24. The Hall–Kier alpha value is -1.76. The number of anilines is 1. The molecule has 2 aromatic carbocycles. The Morgan fingerprint density at radius 1 is 1.09 bits per heavy atom. The lowest BCUT2D eigenvalue weighted by Crippen LogP contribution is -2.32. The molecule has 2 rings (SSSR count). The third kappa shape index (κ3) is 4.62. The van der Waals surface area contributed by atoms with Gasteiger partial charge in [0.05, 0.1) is 7.11 Å². The number of hydrogen-bond acceptors (Lipinski definition) is 3. The van der Waals surface area contributed by atoms with Crippen molar-refractivity contribution in [2.45, 2.75) is 19.4 Å². The van der Waals surface area contributed by atoms with Crippen molar-refractivity contribution in [3.63, 3.8) is 0 Å². The fourth-order valence-corrected chi connectivity index (χ4v) is 2.26. The van der Waals surface area contributed by atoms with Crippen molar-refractivity contribution in [3.05, 3.63) is 52.1 Å². The molecule has 0 aliphatic heterocycles. The van der Waals surface area contributed by atoms with Gasteiger partial charge >= 0.3 is 0 Å². The zero-order valence-corrected chi connectivity index (χ0v) is 14.7. The lowest BCUT2D eigenvalue weighted by atomic mass is 10.2. The van der Waals surface area contributed by atoms with Crippen LogP contribution in [-0.2, 0) is 4.79 Å². The number of halogens is 1. The van der Waals surface area contributed by atoms with Crippen LogP contribution < -0.4 is 14.8 Å². The maximum Gasteiger partial charge on any atom is 0.265 e. The quantitative estimate of drug-likeness (QED) is 0.729. The number of rotatable bonds is 6. The summed E-state index contributed by atoms with van der Waals surface area (Å²) in [5.41, 5.74) is 0.766. The monoisotopic (exact) mass is 411 g/mol. The molecule has 0 bridgehead atoms. The second kappa shape index (κ2) is 8.03. The third-order valence-electron chi connectivity index (χ3n) is 3.11. The van der Waals surface area contributed by atoms with Gasteiger partial charge in [0.25, 0.3) is 5.91 Å². The van der Waals surface area contributed by atoms with E-state index in [0.29, 0.717) is 12.2 Å². The van der Waals surface area contributed by atoms with E-state index in [1.54, 1.807) is 31.4 Å². The molecule has 0 saturated heterocycles. The van der Waals surface area contributed by atoms with Gasteiger partial charge in [-0.1, -0.05) is 6.92 Å². The number of methoxy groups -OCH3 is 1. The van der Waals surface area contributed by atoms with Gasteiger partial charge in [-0.2, -0.15) is 0 Å². The smallest absolute Gasteiger partial charge is 0.265 e. The van der Waals surface area contributed by atoms with Crippen LogP contribution in [0.4, 0.5) is 5.69 Å². The summed E-state index contributed by atoms with van der Waals surface area (Å²) in [6.07, 6.45) is 0.0510. The second-order valence-corrected chi connectivity index (χ2v) is 5.93. The van der Waals surface area contributed by atoms with Crippen LogP contribution in [-0.4, -0.2) is 19.1 Å². The average molecular weight is 411 g/mol. The molecule has 5 heteroatoms. The molecule has 4 nitrogen and oxygen atoms in total. The highest BCUT2D eigenvalue weighted by Gasteiger charge is 2.18. The van der Waals surface area contributed by atoms with Crippen molar-refractivity contribution in [3.8, 4) is 11.5 Å². The minimum absolute atomic E-state index is 0.153. The van der Waals surface area contributed by atoms with Gasteiger partial charge in [0.15, 0.2) is 6.10 Å². The van der Waals surface area contributed by atoms with Crippen molar-refractivity contribution in [2.24, 2.45) is 0 Å². The lowest BCUT2D eigenvalue weighted by molar-refractivity contribution is -0.122. The first-order valence-electron chi connectivity index (χ1n) is 6.99. The Bertz CT molecular complexity index is 611. The molecule has 2 aromatic rings. The Balaban J connectivity index is 2.00. The van der Waals surface area contributed by atoms with Crippen molar-refractivity contribution >= 4 is 34.2 Å². The molecule has 0 radical (unpaired) electrons. The molecule has 22 heavy (non-hydrogen) atoms. The van der Waals surface area contributed by atoms with Gasteiger partial charge in [-0.3, -0.25) is 4.79 Å². The molecule has 1 atom stereocenters. The van der Waals surface area contributed by atoms with E-state index in [9.17, 15) is 4.79 Å². The van der Waals surface area contributed by atoms with Gasteiger partial charge in [-0.05, 0) is 77.5 Å². The summed E-state index contributed by atoms with van der Waals surface area (Å²) in [5, 5.41) is 2.87. The van der Waals surface area contributed by atoms with Crippen molar-refractivity contribution in [2.75, 3.05) is 12.4 Å². The molecule has 0 fully saturated rings. The fourth-order valence-electron chi connectivity index (χ4n) is 1.90. The van der Waals surface area contributed by atoms with E-state index in [2.05, 4.69) is 27.9 Å². The molecule has 0 saturated carbocycles. The van der Waals surface area contributed by atoms with Gasteiger partial charge in [-0.15, -0.1) is 0 Å². The predicted octanol–water partition coefficient (Wildman–Crippen LogP) is 4.10. The molecular weight excluding hydrogens is 393 g/mol. The first-order valence-corrected chi connectivity index (χ1v) is 8.07. The normalized spacial score (nSPS) is 11.6. The first-order chi connectivity index (χ1) is 10.6. The Kier molecular flexibility index (Phi) is 6.06. The molecule has 0 spiro atoms. The number of benzene rings is 2. The average Bonchev–Trinajstić information content (AvgIpc) is 2.55. The SMILES string of the molecule is CC[C@@H](Oc1ccc(OC)cc1)C(=O)Nc1ccc(I)cc1. The third-order valence-corrected chi connectivity index (χ3v) is 3.83. The summed E-state index contributed by atoms with van der Waals surface area (Å²) in [7, 11) is 1.61. The summed E-state index contributed by atoms with van der Waals surface area (Å²) in [6, 6.07) is 14.8. The van der Waals surface area contributed by atoms with Crippen LogP contribution in [0.5, 0.6) is 11.5 Å². The number of carbonyl (C=O) groups excluding carboxylic acids is 1. The van der Waals surface area contributed by atoms with E-state index in [1.165, 1.54) is 0 Å². The van der Waals surface area contributed by atoms with Crippen LogP contribution >= 0.6 is 22.6 Å². The summed E-state index contributed by atoms with van der Waals surface area (Å²) in [4.78, 5) is 12.3. The van der Waals surface area contributed by atoms with E-state index in [4.69, 9.17) is 9.47 Å². The van der Waals surface area contributed by atoms with Crippen LogP contribution in [0, 0.1) is 3.57 Å². The number of ether oxygens (including phenoxy) is 2. The highest BCUT2D eigenvalue weighted by Crippen LogP contribution is 2.19. The Morgan fingerprint density at radius 3 is 2.23 bits per heavy atom. The van der Waals surface area contributed by atoms with Gasteiger partial charge in [0.2, 0.25) is 0 Å². The summed E-state index contributed by atoms with van der Waals surface area (Å²) >= 11 is 2.22. The highest BCUT2D eigenvalue weighted by atomic mass is 127. The van der Waals surface area contributed by atoms with Crippen LogP contribution in [0.1, 0.15) is 13.3 Å². The van der Waals surface area contributed by atoms with Crippen LogP contribution in [0.2, 0.25) is 0 Å². The Labute approximate surface area is 144 Å². The molecule has 0 heterocycles. The van der Waals surface area contributed by atoms with Crippen molar-refractivity contribution in [1.29, 1.82) is 0 Å². The topological polar surface area (TPSA) is 47.6 Å². The maximum atomic E-state index is 12.3. The molecule has 0 aromatic heterocycles. The fraction of sp³-hybridized carbons (Fsp3) is 0.235. The number of hydrogen-bond donors (Lipinski definition) is 1. The zero-order valence-electron chi connectivity index (χ0n) is 12.5. The van der Waals surface area contributed by atoms with Crippen LogP contribution in [0.15, 0.2) is 48.5 Å². The molecule has 0 aliphatic carbocycles. The lowest BCUT2D eigenvalue weighted by Gasteiger charge is -2.17. The standard InChI is InChI=1S/C17H18INO3/c1-3-16(22-15-10-8-14(21-2)9-11-15)17(20)19-13-6-4-12(18)5-7-13/h4-11,16H,3H2,1-2H3,(H,19,20)/t16-/m1/s1. The molecule has 0 unspecified atom stereocenters. The van der Waals surface area contributed by atoms with Gasteiger partial charge in [0.1, 0.15) is 11.5 Å². The second-order valence-electron chi connectivity index (χ2n) is 4.69. The van der Waals surface area contributed by atoms with E-state index in [0.717, 1.165) is 15.0 Å².